The molecule has 13 heteroatoms. The molecule has 1 aromatic rings. The lowest BCUT2D eigenvalue weighted by Crippen LogP contribution is -2.63. The number of aliphatic hydroxyl groups excluding tert-OH is 2. The van der Waals surface area contributed by atoms with Gasteiger partial charge in [-0.15, -0.1) is 6.42 Å². The van der Waals surface area contributed by atoms with Crippen molar-refractivity contribution >= 4 is 34.8 Å². The molecule has 2 amide bonds. The molecule has 224 valence electrons. The normalized spacial score (nSPS) is 25.2. The fourth-order valence-corrected chi connectivity index (χ4v) is 6.44. The van der Waals surface area contributed by atoms with E-state index in [1.54, 1.807) is 45.0 Å². The minimum atomic E-state index is -2.74. The maximum absolute atomic E-state index is 14.1. The number of aliphatic hydroxyl groups is 3. The highest BCUT2D eigenvalue weighted by Crippen LogP contribution is 2.53. The van der Waals surface area contributed by atoms with Gasteiger partial charge < -0.3 is 36.4 Å². The first-order valence-corrected chi connectivity index (χ1v) is 13.2. The Bertz CT molecular complexity index is 1500. The number of aromatic hydroxyl groups is 1. The Morgan fingerprint density at radius 1 is 1.17 bits per heavy atom. The van der Waals surface area contributed by atoms with Gasteiger partial charge >= 0.3 is 0 Å². The Morgan fingerprint density at radius 2 is 1.81 bits per heavy atom. The molecule has 3 aliphatic carbocycles. The number of nitrogens with two attached hydrogens (primary N) is 1. The summed E-state index contributed by atoms with van der Waals surface area (Å²) < 4.78 is 0. The number of carbonyl (C=O) groups is 4. The third-order valence-corrected chi connectivity index (χ3v) is 8.23. The maximum atomic E-state index is 14.1. The standard InChI is InChI=1S/C29H35N5O8/c1-7-8-34(6)12-18(35)31-16-11-17(32(2)3)14-9-13-10-15-22(33(4)5)25(38)21(28(30)41)27(40)29(15,42)26(39)19(13)24(37)20(14)23(16)36/h1,11,13,15,22,36,38-39,42H,8-10,12H2,2-6H3,(H2,30,41)(H,31,35)/t13?,15?,22-,29?/m0/s1. The number of Topliss-reactive ketones (excluding diaryl/α,β-unsaturated/α-hetero) is 2. The molecule has 0 radical (unpaired) electrons. The number of hydrogen-bond acceptors (Lipinski definition) is 11. The quantitative estimate of drug-likeness (QED) is 0.140. The largest absolute Gasteiger partial charge is 0.510 e. The highest BCUT2D eigenvalue weighted by Gasteiger charge is 2.63. The van der Waals surface area contributed by atoms with Crippen LogP contribution in [0.25, 0.3) is 0 Å². The first kappa shape index (κ1) is 30.6. The van der Waals surface area contributed by atoms with Gasteiger partial charge in [0.2, 0.25) is 11.7 Å². The summed E-state index contributed by atoms with van der Waals surface area (Å²) in [5.74, 6) is -5.51. The van der Waals surface area contributed by atoms with Crippen molar-refractivity contribution in [3.05, 3.63) is 39.9 Å². The van der Waals surface area contributed by atoms with Crippen molar-refractivity contribution < 1.29 is 39.6 Å². The molecule has 13 nitrogen and oxygen atoms in total. The van der Waals surface area contributed by atoms with Gasteiger partial charge in [0.15, 0.2) is 17.1 Å². The van der Waals surface area contributed by atoms with E-state index in [0.29, 0.717) is 11.3 Å². The summed E-state index contributed by atoms with van der Waals surface area (Å²) in [7, 11) is 8.22. The number of benzene rings is 1. The fourth-order valence-electron chi connectivity index (χ4n) is 6.44. The molecule has 0 fully saturated rings. The van der Waals surface area contributed by atoms with Crippen molar-refractivity contribution in [1.29, 1.82) is 0 Å². The lowest BCUT2D eigenvalue weighted by Gasteiger charge is -2.50. The van der Waals surface area contributed by atoms with Crippen molar-refractivity contribution in [2.45, 2.75) is 24.5 Å². The van der Waals surface area contributed by atoms with E-state index in [2.05, 4.69) is 11.2 Å². The number of rotatable bonds is 7. The molecule has 1 aromatic carbocycles. The number of ketones is 2. The molecule has 0 heterocycles. The van der Waals surface area contributed by atoms with Crippen molar-refractivity contribution in [3.63, 3.8) is 0 Å². The van der Waals surface area contributed by atoms with Crippen LogP contribution in [0.2, 0.25) is 0 Å². The van der Waals surface area contributed by atoms with Gasteiger partial charge in [-0.1, -0.05) is 5.92 Å². The SMILES string of the molecule is C#CCN(C)CC(=O)Nc1cc(N(C)C)c2c(c1O)C(=O)C1=C(O)C3(O)C(=O)C(C(N)=O)=C(O)[C@@H](N(C)C)C3CC1C2. The Morgan fingerprint density at radius 3 is 2.36 bits per heavy atom. The second kappa shape index (κ2) is 10.8. The number of nitrogens with zero attached hydrogens (tertiary/aromatic N) is 3. The first-order chi connectivity index (χ1) is 19.6. The molecular weight excluding hydrogens is 546 g/mol. The van der Waals surface area contributed by atoms with Gasteiger partial charge in [-0.25, -0.2) is 0 Å². The van der Waals surface area contributed by atoms with Gasteiger partial charge in [0.1, 0.15) is 17.1 Å². The highest BCUT2D eigenvalue weighted by atomic mass is 16.3. The Hall–Kier alpha value is -4.38. The zero-order valence-corrected chi connectivity index (χ0v) is 24.1. The summed E-state index contributed by atoms with van der Waals surface area (Å²) in [6, 6.07) is 0.455. The predicted molar refractivity (Wildman–Crippen MR) is 153 cm³/mol. The van der Waals surface area contributed by atoms with Gasteiger partial charge in [0.25, 0.3) is 5.91 Å². The van der Waals surface area contributed by atoms with E-state index >= 15 is 0 Å². The van der Waals surface area contributed by atoms with E-state index < -0.39 is 69.7 Å². The summed E-state index contributed by atoms with van der Waals surface area (Å²) >= 11 is 0. The number of anilines is 2. The van der Waals surface area contributed by atoms with E-state index in [0.717, 1.165) is 0 Å². The number of allylic oxidation sites excluding steroid dienone is 1. The number of likely N-dealkylation sites (N-methyl/N-ethyl adjacent to an activating group) is 2. The van der Waals surface area contributed by atoms with Crippen LogP contribution < -0.4 is 16.0 Å². The van der Waals surface area contributed by atoms with Crippen LogP contribution in [0.4, 0.5) is 11.4 Å². The molecule has 4 atom stereocenters. The lowest BCUT2D eigenvalue weighted by molar-refractivity contribution is -0.148. The molecule has 0 aromatic heterocycles. The smallest absolute Gasteiger partial charge is 0.255 e. The molecule has 0 aliphatic heterocycles. The van der Waals surface area contributed by atoms with E-state index in [4.69, 9.17) is 12.2 Å². The molecule has 3 aliphatic rings. The van der Waals surface area contributed by atoms with Crippen molar-refractivity contribution in [2.75, 3.05) is 58.5 Å². The van der Waals surface area contributed by atoms with Crippen LogP contribution in [0.3, 0.4) is 0 Å². The molecule has 3 unspecified atom stereocenters. The van der Waals surface area contributed by atoms with E-state index in [1.807, 2.05) is 0 Å². The molecular formula is C29H35N5O8. The number of nitrogens with one attached hydrogen (secondary N) is 1. The Labute approximate surface area is 242 Å². The molecule has 0 spiro atoms. The van der Waals surface area contributed by atoms with E-state index in [1.165, 1.54) is 11.0 Å². The number of hydrogen-bond donors (Lipinski definition) is 6. The van der Waals surface area contributed by atoms with Gasteiger partial charge in [-0.05, 0) is 51.5 Å². The van der Waals surface area contributed by atoms with Crippen molar-refractivity contribution in [3.8, 4) is 18.1 Å². The lowest BCUT2D eigenvalue weighted by atomic mass is 9.58. The minimum Gasteiger partial charge on any atom is -0.510 e. The average Bonchev–Trinajstić information content (AvgIpc) is 2.87. The number of fused-ring (bicyclic) bond motifs is 3. The van der Waals surface area contributed by atoms with Gasteiger partial charge in [-0.3, -0.25) is 29.0 Å². The molecule has 4 rings (SSSR count). The number of amides is 2. The predicted octanol–water partition coefficient (Wildman–Crippen LogP) is -0.310. The van der Waals surface area contributed by atoms with Crippen LogP contribution in [-0.2, 0) is 20.8 Å². The summed E-state index contributed by atoms with van der Waals surface area (Å²) in [4.78, 5) is 57.1. The third-order valence-electron chi connectivity index (χ3n) is 8.23. The van der Waals surface area contributed by atoms with E-state index in [9.17, 15) is 39.6 Å². The number of phenols is 1. The molecule has 0 bridgehead atoms. The average molecular weight is 582 g/mol. The maximum Gasteiger partial charge on any atom is 0.255 e. The molecule has 42 heavy (non-hydrogen) atoms. The van der Waals surface area contributed by atoms with Crippen LogP contribution >= 0.6 is 0 Å². The summed E-state index contributed by atoms with van der Waals surface area (Å²) in [6.07, 6.45) is 5.38. The van der Waals surface area contributed by atoms with Gasteiger partial charge in [0, 0.05) is 31.3 Å². The van der Waals surface area contributed by atoms with Crippen LogP contribution in [0.1, 0.15) is 22.3 Å². The second-order valence-corrected chi connectivity index (χ2v) is 11.4. The summed E-state index contributed by atoms with van der Waals surface area (Å²) in [6.45, 7) is 0.119. The Kier molecular flexibility index (Phi) is 7.86. The molecule has 0 saturated heterocycles. The second-order valence-electron chi connectivity index (χ2n) is 11.4. The Balaban J connectivity index is 1.88. The summed E-state index contributed by atoms with van der Waals surface area (Å²) in [5.41, 5.74) is 2.18. The fraction of sp³-hybridized carbons (Fsp3) is 0.448. The zero-order chi connectivity index (χ0) is 31.4. The van der Waals surface area contributed by atoms with Crippen LogP contribution in [-0.4, -0.2) is 114 Å². The van der Waals surface area contributed by atoms with Crippen LogP contribution in [0.15, 0.2) is 28.7 Å². The number of terminal acetylenes is 1. The van der Waals surface area contributed by atoms with Crippen molar-refractivity contribution in [2.24, 2.45) is 17.6 Å². The monoisotopic (exact) mass is 581 g/mol. The topological polar surface area (TPSA) is 197 Å². The third kappa shape index (κ3) is 4.57. The van der Waals surface area contributed by atoms with Crippen LogP contribution in [0, 0.1) is 24.2 Å². The number of primary amides is 1. The summed E-state index contributed by atoms with van der Waals surface area (Å²) in [5, 5.41) is 48.0. The first-order valence-electron chi connectivity index (χ1n) is 13.2. The minimum absolute atomic E-state index is 0.0284. The number of carbonyl (C=O) groups excluding carboxylic acids is 4. The van der Waals surface area contributed by atoms with Gasteiger partial charge in [0.05, 0.1) is 30.4 Å². The molecule has 0 saturated carbocycles. The van der Waals surface area contributed by atoms with Crippen LogP contribution in [0.5, 0.6) is 5.75 Å². The highest BCUT2D eigenvalue weighted by molar-refractivity contribution is 6.25. The van der Waals surface area contributed by atoms with Crippen molar-refractivity contribution in [1.82, 2.24) is 9.80 Å². The van der Waals surface area contributed by atoms with Gasteiger partial charge in [-0.2, -0.15) is 0 Å². The zero-order valence-electron chi connectivity index (χ0n) is 24.1. The number of phenolic OH excluding ortho intramolecular Hbond substituents is 1. The molecule has 7 N–H and O–H groups in total. The van der Waals surface area contributed by atoms with E-state index in [-0.39, 0.29) is 42.8 Å².